The summed E-state index contributed by atoms with van der Waals surface area (Å²) in [5.41, 5.74) is 2.00. The maximum Gasteiger partial charge on any atom is 0.322 e. The normalized spacial score (nSPS) is 15.8. The molecule has 0 bridgehead atoms. The van der Waals surface area contributed by atoms with Gasteiger partial charge >= 0.3 is 6.03 Å². The van der Waals surface area contributed by atoms with Gasteiger partial charge < -0.3 is 19.9 Å². The van der Waals surface area contributed by atoms with Crippen molar-refractivity contribution in [2.45, 2.75) is 25.8 Å². The van der Waals surface area contributed by atoms with Crippen LogP contribution in [-0.4, -0.2) is 62.3 Å². The molecule has 5 heteroatoms. The molecule has 1 N–H and O–H groups in total. The molecular formula is C17H27N3O2. The summed E-state index contributed by atoms with van der Waals surface area (Å²) in [4.78, 5) is 16.8. The first-order valence-corrected chi connectivity index (χ1v) is 7.93. The Morgan fingerprint density at radius 1 is 1.27 bits per heavy atom. The quantitative estimate of drug-likeness (QED) is 0.909. The van der Waals surface area contributed by atoms with Gasteiger partial charge in [-0.2, -0.15) is 0 Å². The van der Waals surface area contributed by atoms with Gasteiger partial charge in [0.25, 0.3) is 0 Å². The number of carbonyl (C=O) groups is 1. The molecule has 0 spiro atoms. The molecule has 1 aliphatic rings. The first kappa shape index (κ1) is 16.8. The monoisotopic (exact) mass is 305 g/mol. The highest BCUT2D eigenvalue weighted by molar-refractivity contribution is 5.89. The average molecular weight is 305 g/mol. The number of hydrogen-bond donors (Lipinski definition) is 1. The lowest BCUT2D eigenvalue weighted by Gasteiger charge is -2.35. The second-order valence-electron chi connectivity index (χ2n) is 6.14. The van der Waals surface area contributed by atoms with Gasteiger partial charge in [-0.3, -0.25) is 0 Å². The van der Waals surface area contributed by atoms with Crippen LogP contribution in [0.2, 0.25) is 0 Å². The zero-order valence-electron chi connectivity index (χ0n) is 13.8. The number of anilines is 1. The molecule has 0 atom stereocenters. The number of nitrogens with one attached hydrogen (secondary N) is 1. The highest BCUT2D eigenvalue weighted by Gasteiger charge is 2.25. The third kappa shape index (κ3) is 5.00. The molecule has 0 aromatic heterocycles. The van der Waals surface area contributed by atoms with E-state index in [2.05, 4.69) is 10.2 Å². The molecule has 0 saturated carbocycles. The van der Waals surface area contributed by atoms with E-state index in [-0.39, 0.29) is 12.1 Å². The van der Waals surface area contributed by atoms with Gasteiger partial charge in [0.2, 0.25) is 0 Å². The predicted molar refractivity (Wildman–Crippen MR) is 89.3 cm³/mol. The molecule has 122 valence electrons. The van der Waals surface area contributed by atoms with Crippen molar-refractivity contribution in [3.05, 3.63) is 29.8 Å². The summed E-state index contributed by atoms with van der Waals surface area (Å²) in [5, 5.41) is 3.03. The molecule has 1 aromatic carbocycles. The Bertz CT molecular complexity index is 485. The lowest BCUT2D eigenvalue weighted by atomic mass is 10.1. The second-order valence-corrected chi connectivity index (χ2v) is 6.14. The van der Waals surface area contributed by atoms with Crippen LogP contribution in [0.25, 0.3) is 0 Å². The molecule has 1 heterocycles. The Labute approximate surface area is 133 Å². The fourth-order valence-corrected chi connectivity index (χ4v) is 2.67. The van der Waals surface area contributed by atoms with Crippen molar-refractivity contribution in [1.29, 1.82) is 0 Å². The number of urea groups is 1. The minimum atomic E-state index is -0.0145. The Kier molecular flexibility index (Phi) is 6.21. The van der Waals surface area contributed by atoms with Crippen LogP contribution in [0.4, 0.5) is 10.5 Å². The van der Waals surface area contributed by atoms with Crippen LogP contribution in [0.5, 0.6) is 0 Å². The summed E-state index contributed by atoms with van der Waals surface area (Å²) >= 11 is 0. The number of amides is 2. The van der Waals surface area contributed by atoms with Crippen molar-refractivity contribution in [3.8, 4) is 0 Å². The first-order valence-electron chi connectivity index (χ1n) is 7.93. The lowest BCUT2D eigenvalue weighted by molar-refractivity contribution is 0.0466. The molecule has 5 nitrogen and oxygen atoms in total. The third-order valence-corrected chi connectivity index (χ3v) is 3.95. The van der Waals surface area contributed by atoms with Crippen LogP contribution in [0.1, 0.15) is 18.4 Å². The number of ether oxygens (including phenoxy) is 1. The zero-order chi connectivity index (χ0) is 15.9. The fourth-order valence-electron chi connectivity index (χ4n) is 2.67. The van der Waals surface area contributed by atoms with Crippen molar-refractivity contribution in [2.24, 2.45) is 0 Å². The first-order chi connectivity index (χ1) is 10.6. The maximum absolute atomic E-state index is 12.7. The summed E-state index contributed by atoms with van der Waals surface area (Å²) in [5.74, 6) is 0. The topological polar surface area (TPSA) is 44.8 Å². The van der Waals surface area contributed by atoms with Gasteiger partial charge in [-0.25, -0.2) is 4.79 Å². The van der Waals surface area contributed by atoms with Gasteiger partial charge in [0.05, 0.1) is 0 Å². The van der Waals surface area contributed by atoms with Crippen LogP contribution < -0.4 is 5.32 Å². The van der Waals surface area contributed by atoms with E-state index in [1.807, 2.05) is 50.2 Å². The molecule has 0 unspecified atom stereocenters. The van der Waals surface area contributed by atoms with Gasteiger partial charge in [0.15, 0.2) is 0 Å². The number of benzene rings is 1. The number of carbonyl (C=O) groups excluding carboxylic acids is 1. The largest absolute Gasteiger partial charge is 0.381 e. The standard InChI is InChI=1S/C17H27N3O2/c1-14-5-4-6-15(13-14)18-17(21)20(10-9-19(2)3)16-7-11-22-12-8-16/h4-6,13,16H,7-12H2,1-3H3,(H,18,21). The van der Waals surface area contributed by atoms with Gasteiger partial charge in [-0.05, 0) is 51.6 Å². The summed E-state index contributed by atoms with van der Waals surface area (Å²) in [6.45, 7) is 5.09. The SMILES string of the molecule is Cc1cccc(NC(=O)N(CCN(C)C)C2CCOCC2)c1. The number of rotatable bonds is 5. The van der Waals surface area contributed by atoms with Crippen molar-refractivity contribution in [1.82, 2.24) is 9.80 Å². The van der Waals surface area contributed by atoms with Gasteiger partial charge in [-0.15, -0.1) is 0 Å². The molecule has 2 amide bonds. The molecule has 0 radical (unpaired) electrons. The summed E-state index contributed by atoms with van der Waals surface area (Å²) in [6, 6.07) is 8.16. The van der Waals surface area contributed by atoms with Crippen LogP contribution >= 0.6 is 0 Å². The predicted octanol–water partition coefficient (Wildman–Crippen LogP) is 2.57. The van der Waals surface area contributed by atoms with E-state index >= 15 is 0 Å². The van der Waals surface area contributed by atoms with Gasteiger partial charge in [-0.1, -0.05) is 12.1 Å². The van der Waals surface area contributed by atoms with Crippen LogP contribution in [-0.2, 0) is 4.74 Å². The van der Waals surface area contributed by atoms with E-state index in [9.17, 15) is 4.79 Å². The number of hydrogen-bond acceptors (Lipinski definition) is 3. The van der Waals surface area contributed by atoms with Crippen LogP contribution in [0, 0.1) is 6.92 Å². The minimum absolute atomic E-state index is 0.0145. The van der Waals surface area contributed by atoms with Crippen molar-refractivity contribution in [2.75, 3.05) is 45.7 Å². The fraction of sp³-hybridized carbons (Fsp3) is 0.588. The Balaban J connectivity index is 2.03. The van der Waals surface area contributed by atoms with Crippen LogP contribution in [0.3, 0.4) is 0 Å². The molecule has 1 aromatic rings. The molecule has 2 rings (SSSR count). The number of nitrogens with zero attached hydrogens (tertiary/aromatic N) is 2. The molecule has 1 fully saturated rings. The molecule has 22 heavy (non-hydrogen) atoms. The van der Waals surface area contributed by atoms with E-state index in [0.29, 0.717) is 0 Å². The van der Waals surface area contributed by atoms with Crippen molar-refractivity contribution < 1.29 is 9.53 Å². The van der Waals surface area contributed by atoms with E-state index < -0.39 is 0 Å². The Morgan fingerprint density at radius 3 is 2.64 bits per heavy atom. The highest BCUT2D eigenvalue weighted by Crippen LogP contribution is 2.17. The summed E-state index contributed by atoms with van der Waals surface area (Å²) in [7, 11) is 4.06. The van der Waals surface area contributed by atoms with Gasteiger partial charge in [0.1, 0.15) is 0 Å². The van der Waals surface area contributed by atoms with E-state index in [4.69, 9.17) is 4.74 Å². The third-order valence-electron chi connectivity index (χ3n) is 3.95. The second kappa shape index (κ2) is 8.15. The molecule has 0 aliphatic carbocycles. The van der Waals surface area contributed by atoms with Crippen molar-refractivity contribution in [3.63, 3.8) is 0 Å². The molecular weight excluding hydrogens is 278 g/mol. The van der Waals surface area contributed by atoms with E-state index in [1.165, 1.54) is 0 Å². The van der Waals surface area contributed by atoms with E-state index in [1.54, 1.807) is 0 Å². The maximum atomic E-state index is 12.7. The Morgan fingerprint density at radius 2 is 2.00 bits per heavy atom. The van der Waals surface area contributed by atoms with Crippen molar-refractivity contribution >= 4 is 11.7 Å². The smallest absolute Gasteiger partial charge is 0.322 e. The van der Waals surface area contributed by atoms with Gasteiger partial charge in [0, 0.05) is 38.0 Å². The molecule has 1 saturated heterocycles. The Hall–Kier alpha value is -1.59. The molecule has 1 aliphatic heterocycles. The lowest BCUT2D eigenvalue weighted by Crippen LogP contribution is -2.48. The zero-order valence-corrected chi connectivity index (χ0v) is 13.8. The van der Waals surface area contributed by atoms with E-state index in [0.717, 1.165) is 50.4 Å². The summed E-state index contributed by atoms with van der Waals surface area (Å²) < 4.78 is 5.42. The minimum Gasteiger partial charge on any atom is -0.381 e. The average Bonchev–Trinajstić information content (AvgIpc) is 2.48. The number of aryl methyl sites for hydroxylation is 1. The van der Waals surface area contributed by atoms with Crippen LogP contribution in [0.15, 0.2) is 24.3 Å². The summed E-state index contributed by atoms with van der Waals surface area (Å²) in [6.07, 6.45) is 1.82. The highest BCUT2D eigenvalue weighted by atomic mass is 16.5. The number of likely N-dealkylation sites (N-methyl/N-ethyl adjacent to an activating group) is 1.